The summed E-state index contributed by atoms with van der Waals surface area (Å²) in [5, 5.41) is 22.3. The summed E-state index contributed by atoms with van der Waals surface area (Å²) in [6, 6.07) is 0. The van der Waals surface area contributed by atoms with Crippen molar-refractivity contribution in [3.63, 3.8) is 0 Å². The average Bonchev–Trinajstić information content (AvgIpc) is 1.33. The molecule has 0 bridgehead atoms. The summed E-state index contributed by atoms with van der Waals surface area (Å²) >= 11 is 0. The van der Waals surface area contributed by atoms with Gasteiger partial charge in [0.05, 0.1) is 5.09 Å². The van der Waals surface area contributed by atoms with Crippen molar-refractivity contribution >= 4 is 0 Å². The van der Waals surface area contributed by atoms with Gasteiger partial charge in [0.25, 0.3) is 0 Å². The minimum atomic E-state index is -1.75. The minimum Gasteiger partial charge on any atom is -0.397 e. The van der Waals surface area contributed by atoms with Crippen LogP contribution in [0.5, 0.6) is 0 Å². The second-order valence-electron chi connectivity index (χ2n) is 0.540. The zero-order valence-corrected chi connectivity index (χ0v) is 8.47. The molecule has 0 amide bonds. The molecule has 7 heteroatoms. The van der Waals surface area contributed by atoms with Gasteiger partial charge in [-0.3, -0.25) is 0 Å². The Hall–Kier alpha value is 0.497. The Labute approximate surface area is 86.3 Å². The number of aliphatic hydroxyl groups excluding tert-OH is 1. The first-order chi connectivity index (χ1) is 3.15. The quantitative estimate of drug-likeness (QED) is 0.478. The molecule has 0 aliphatic heterocycles. The van der Waals surface area contributed by atoms with Crippen LogP contribution in [0.25, 0.3) is 0 Å². The second-order valence-corrected chi connectivity index (χ2v) is 0.540. The van der Waals surface area contributed by atoms with Gasteiger partial charge in [-0.15, -0.1) is 0 Å². The minimum absolute atomic E-state index is 0. The molecule has 0 rings (SSSR count). The third-order valence-corrected chi connectivity index (χ3v) is 0. The largest absolute Gasteiger partial charge is 0.397 e. The second kappa shape index (κ2) is 23.6. The summed E-state index contributed by atoms with van der Waals surface area (Å²) in [4.78, 5) is 8.25. The van der Waals surface area contributed by atoms with Gasteiger partial charge in [0.15, 0.2) is 0 Å². The van der Waals surface area contributed by atoms with Gasteiger partial charge in [0, 0.05) is 48.4 Å². The van der Waals surface area contributed by atoms with Crippen molar-refractivity contribution in [1.82, 2.24) is 6.15 Å². The van der Waals surface area contributed by atoms with E-state index in [1.54, 1.807) is 6.92 Å². The smallest absolute Gasteiger partial charge is 0.0689 e. The van der Waals surface area contributed by atoms with E-state index < -0.39 is 5.09 Å². The standard InChI is InChI=1S/C2H6O.Ce.NO3.H3N/c1-2-3;;2-1(3)4;/h3H,2H2,1H3;;;1H3/q;;-1;/p+1. The molecule has 0 saturated carbocycles. The molecule has 56 valence electrons. The molecular weight excluding hydrogens is 256 g/mol. The Morgan fingerprint density at radius 1 is 1.56 bits per heavy atom. The molecule has 0 heterocycles. The third kappa shape index (κ3) is 1450. The zero-order valence-electron chi connectivity index (χ0n) is 5.33. The Morgan fingerprint density at radius 2 is 1.56 bits per heavy atom. The summed E-state index contributed by atoms with van der Waals surface area (Å²) in [6.07, 6.45) is 0. The molecule has 0 radical (unpaired) electrons. The van der Waals surface area contributed by atoms with Crippen molar-refractivity contribution in [2.24, 2.45) is 0 Å². The van der Waals surface area contributed by atoms with Crippen LogP contribution in [0.4, 0.5) is 0 Å². The van der Waals surface area contributed by atoms with Gasteiger partial charge in [0.1, 0.15) is 0 Å². The number of quaternary nitrogens is 1. The fraction of sp³-hybridized carbons (Fsp3) is 1.00. The molecule has 0 aromatic rings. The number of rotatable bonds is 0. The summed E-state index contributed by atoms with van der Waals surface area (Å²) in [5.74, 6) is 0. The van der Waals surface area contributed by atoms with Gasteiger partial charge in [0.2, 0.25) is 0 Å². The Kier molecular flexibility index (Phi) is 59.5. The van der Waals surface area contributed by atoms with Crippen molar-refractivity contribution in [3.8, 4) is 0 Å². The van der Waals surface area contributed by atoms with Gasteiger partial charge in [-0.2, -0.15) is 0 Å². The Balaban J connectivity index is -0.0000000233. The van der Waals surface area contributed by atoms with E-state index >= 15 is 0 Å². The van der Waals surface area contributed by atoms with E-state index in [-0.39, 0.29) is 54.5 Å². The molecule has 0 aliphatic rings. The molecule has 0 saturated heterocycles. The molecule has 0 spiro atoms. The third-order valence-electron chi connectivity index (χ3n) is 0. The summed E-state index contributed by atoms with van der Waals surface area (Å²) in [6.45, 7) is 1.93. The number of nitrogens with zero attached hydrogens (tertiary/aromatic N) is 1. The maximum atomic E-state index is 8.25. The first-order valence-corrected chi connectivity index (χ1v) is 1.57. The van der Waals surface area contributed by atoms with E-state index in [1.807, 2.05) is 0 Å². The van der Waals surface area contributed by atoms with Crippen LogP contribution in [-0.4, -0.2) is 16.8 Å². The summed E-state index contributed by atoms with van der Waals surface area (Å²) in [7, 11) is 0. The first kappa shape index (κ1) is 22.7. The molecule has 0 fully saturated rings. The van der Waals surface area contributed by atoms with Gasteiger partial charge < -0.3 is 26.6 Å². The SMILES string of the molecule is CCO.O=[N+]([O-])[O-].[Ce].[NH4+]. The van der Waals surface area contributed by atoms with Crippen molar-refractivity contribution in [1.29, 1.82) is 0 Å². The Bertz CT molecular complexity index is 47.8. The van der Waals surface area contributed by atoms with Crippen molar-refractivity contribution in [3.05, 3.63) is 15.3 Å². The van der Waals surface area contributed by atoms with Gasteiger partial charge in [-0.05, 0) is 6.92 Å². The monoisotopic (exact) mass is 266 g/mol. The van der Waals surface area contributed by atoms with E-state index in [1.165, 1.54) is 0 Å². The number of hydrogen-bond donors (Lipinski definition) is 2. The van der Waals surface area contributed by atoms with Crippen LogP contribution in [0.2, 0.25) is 0 Å². The Morgan fingerprint density at radius 3 is 1.56 bits per heavy atom. The van der Waals surface area contributed by atoms with Crippen LogP contribution in [0, 0.1) is 57.1 Å². The van der Waals surface area contributed by atoms with Gasteiger partial charge in [-0.25, -0.2) is 0 Å². The van der Waals surface area contributed by atoms with Crippen LogP contribution >= 0.6 is 0 Å². The molecule has 0 aromatic carbocycles. The van der Waals surface area contributed by atoms with Crippen molar-refractivity contribution in [2.45, 2.75) is 6.92 Å². The van der Waals surface area contributed by atoms with Crippen LogP contribution in [0.1, 0.15) is 6.92 Å². The number of aliphatic hydroxyl groups is 1. The van der Waals surface area contributed by atoms with Gasteiger partial charge in [-0.1, -0.05) is 0 Å². The molecule has 6 nitrogen and oxygen atoms in total. The predicted molar refractivity (Wildman–Crippen MR) is 29.1 cm³/mol. The van der Waals surface area contributed by atoms with E-state index in [2.05, 4.69) is 0 Å². The van der Waals surface area contributed by atoms with E-state index in [0.29, 0.717) is 0 Å². The molecule has 0 atom stereocenters. The van der Waals surface area contributed by atoms with Gasteiger partial charge >= 0.3 is 0 Å². The van der Waals surface area contributed by atoms with E-state index in [9.17, 15) is 0 Å². The molecule has 0 unspecified atom stereocenters. The zero-order chi connectivity index (χ0) is 6.28. The number of hydrogen-bond acceptors (Lipinski definition) is 4. The molecule has 0 aliphatic carbocycles. The van der Waals surface area contributed by atoms with E-state index in [0.717, 1.165) is 0 Å². The first-order valence-electron chi connectivity index (χ1n) is 1.57. The predicted octanol–water partition coefficient (Wildman–Crippen LogP) is 0.136. The van der Waals surface area contributed by atoms with Crippen LogP contribution in [-0.2, 0) is 0 Å². The van der Waals surface area contributed by atoms with Crippen LogP contribution in [0.15, 0.2) is 0 Å². The topological polar surface area (TPSA) is 123 Å². The normalized spacial score (nSPS) is 4.67. The maximum Gasteiger partial charge on any atom is 0.0689 e. The average molecular weight is 266 g/mol. The molecule has 9 heavy (non-hydrogen) atoms. The fourth-order valence-electron chi connectivity index (χ4n) is 0. The molecule has 0 aromatic heterocycles. The molecule has 5 N–H and O–H groups in total. The van der Waals surface area contributed by atoms with Crippen LogP contribution < -0.4 is 6.15 Å². The summed E-state index contributed by atoms with van der Waals surface area (Å²) < 4.78 is 0. The fourth-order valence-corrected chi connectivity index (χ4v) is 0. The van der Waals surface area contributed by atoms with E-state index in [4.69, 9.17) is 20.4 Å². The van der Waals surface area contributed by atoms with Crippen molar-refractivity contribution in [2.75, 3.05) is 6.61 Å². The van der Waals surface area contributed by atoms with Crippen molar-refractivity contribution < 1.29 is 51.9 Å². The van der Waals surface area contributed by atoms with Crippen LogP contribution in [0.3, 0.4) is 0 Å². The maximum absolute atomic E-state index is 8.25. The summed E-state index contributed by atoms with van der Waals surface area (Å²) in [5.41, 5.74) is 0. The molecular formula is C2H10CeN2O4.